The Bertz CT molecular complexity index is 352. The van der Waals surface area contributed by atoms with Gasteiger partial charge in [-0.15, -0.1) is 11.8 Å². The van der Waals surface area contributed by atoms with Crippen LogP contribution in [0.4, 0.5) is 0 Å². The van der Waals surface area contributed by atoms with Gasteiger partial charge in [0.25, 0.3) is 0 Å². The number of benzene rings is 1. The number of aromatic nitrogens is 1. The Balaban J connectivity index is 0.00000128. The molecule has 0 radical (unpaired) electrons. The molecule has 0 aliphatic heterocycles. The molecule has 2 aromatic rings. The van der Waals surface area contributed by atoms with Crippen LogP contribution in [-0.2, 0) is 6.42 Å². The molecule has 16 heavy (non-hydrogen) atoms. The van der Waals surface area contributed by atoms with Crippen molar-refractivity contribution >= 4 is 11.8 Å². The van der Waals surface area contributed by atoms with Crippen molar-refractivity contribution < 1.29 is 12.4 Å². The quantitative estimate of drug-likeness (QED) is 0.730. The topological polar surface area (TPSA) is 12.9 Å². The third-order valence-electron chi connectivity index (χ3n) is 2.15. The first-order valence-corrected chi connectivity index (χ1v) is 6.00. The van der Waals surface area contributed by atoms with Crippen molar-refractivity contribution in [2.45, 2.75) is 11.3 Å². The van der Waals surface area contributed by atoms with Gasteiger partial charge in [0, 0.05) is 23.0 Å². The van der Waals surface area contributed by atoms with Crippen LogP contribution < -0.4 is 12.4 Å². The van der Waals surface area contributed by atoms with Gasteiger partial charge in [-0.3, -0.25) is 4.98 Å². The minimum atomic E-state index is 0. The van der Waals surface area contributed by atoms with Crippen molar-refractivity contribution in [3.63, 3.8) is 0 Å². The number of hydrogen-bond acceptors (Lipinski definition) is 2. The number of hydrogen-bond donors (Lipinski definition) is 0. The maximum Gasteiger partial charge on any atom is 0.0270 e. The van der Waals surface area contributed by atoms with Gasteiger partial charge in [0.2, 0.25) is 0 Å². The highest BCUT2D eigenvalue weighted by atomic mass is 35.5. The van der Waals surface area contributed by atoms with Gasteiger partial charge in [0.05, 0.1) is 0 Å². The highest BCUT2D eigenvalue weighted by Gasteiger charge is 1.94. The Morgan fingerprint density at radius 2 is 1.62 bits per heavy atom. The molecule has 0 saturated carbocycles. The lowest BCUT2D eigenvalue weighted by Crippen LogP contribution is -3.00. The van der Waals surface area contributed by atoms with Crippen molar-refractivity contribution in [1.29, 1.82) is 0 Å². The molecule has 0 spiro atoms. The summed E-state index contributed by atoms with van der Waals surface area (Å²) in [5, 5.41) is 0. The summed E-state index contributed by atoms with van der Waals surface area (Å²) in [5.74, 6) is 1.12. The molecule has 2 rings (SSSR count). The summed E-state index contributed by atoms with van der Waals surface area (Å²) in [7, 11) is 0. The summed E-state index contributed by atoms with van der Waals surface area (Å²) in [4.78, 5) is 5.34. The molecule has 0 N–H and O–H groups in total. The molecule has 1 aromatic carbocycles. The van der Waals surface area contributed by atoms with Crippen LogP contribution in [0.3, 0.4) is 0 Å². The van der Waals surface area contributed by atoms with Crippen LogP contribution in [0.1, 0.15) is 5.56 Å². The molecule has 0 unspecified atom stereocenters. The third-order valence-corrected chi connectivity index (χ3v) is 3.17. The van der Waals surface area contributed by atoms with E-state index in [1.54, 1.807) is 0 Å². The Hall–Kier alpha value is -0.990. The molecule has 1 aromatic heterocycles. The summed E-state index contributed by atoms with van der Waals surface area (Å²) >= 11 is 1.89. The number of nitrogens with zero attached hydrogens (tertiary/aromatic N) is 1. The standard InChI is InChI=1S/C13H13NS.ClH/c1-2-4-13(5-3-1)15-11-8-12-6-9-14-10-7-12;/h1-7,9-10H,8,11H2;1H/p-1. The molecule has 0 bridgehead atoms. The number of rotatable bonds is 4. The molecule has 0 fully saturated rings. The molecule has 0 saturated heterocycles. The van der Waals surface area contributed by atoms with Gasteiger partial charge in [-0.25, -0.2) is 0 Å². The Morgan fingerprint density at radius 3 is 2.31 bits per heavy atom. The minimum Gasteiger partial charge on any atom is -1.00 e. The van der Waals surface area contributed by atoms with Gasteiger partial charge in [0.1, 0.15) is 0 Å². The highest BCUT2D eigenvalue weighted by molar-refractivity contribution is 7.99. The first-order valence-electron chi connectivity index (χ1n) is 5.02. The van der Waals surface area contributed by atoms with Gasteiger partial charge in [0.15, 0.2) is 0 Å². The molecular formula is C13H13ClNS-. The van der Waals surface area contributed by atoms with Gasteiger partial charge in [-0.2, -0.15) is 0 Å². The second-order valence-electron chi connectivity index (χ2n) is 3.27. The van der Waals surface area contributed by atoms with Crippen molar-refractivity contribution in [2.75, 3.05) is 5.75 Å². The van der Waals surface area contributed by atoms with E-state index >= 15 is 0 Å². The van der Waals surface area contributed by atoms with E-state index in [1.807, 2.05) is 30.2 Å². The summed E-state index contributed by atoms with van der Waals surface area (Å²) in [5.41, 5.74) is 1.36. The van der Waals surface area contributed by atoms with E-state index in [-0.39, 0.29) is 12.4 Å². The Morgan fingerprint density at radius 1 is 0.938 bits per heavy atom. The zero-order chi connectivity index (χ0) is 10.3. The molecular weight excluding hydrogens is 238 g/mol. The fourth-order valence-corrected chi connectivity index (χ4v) is 2.28. The Labute approximate surface area is 107 Å². The first-order chi connectivity index (χ1) is 7.45. The van der Waals surface area contributed by atoms with E-state index in [4.69, 9.17) is 0 Å². The predicted molar refractivity (Wildman–Crippen MR) is 65.1 cm³/mol. The van der Waals surface area contributed by atoms with Crippen LogP contribution in [-0.4, -0.2) is 10.7 Å². The zero-order valence-electron chi connectivity index (χ0n) is 8.84. The van der Waals surface area contributed by atoms with E-state index in [0.29, 0.717) is 0 Å². The van der Waals surface area contributed by atoms with Gasteiger partial charge >= 0.3 is 0 Å². The van der Waals surface area contributed by atoms with Crippen LogP contribution in [0, 0.1) is 0 Å². The molecule has 0 amide bonds. The second-order valence-corrected chi connectivity index (χ2v) is 4.44. The van der Waals surface area contributed by atoms with Crippen LogP contribution in [0.25, 0.3) is 0 Å². The van der Waals surface area contributed by atoms with Crippen LogP contribution in [0.5, 0.6) is 0 Å². The number of aryl methyl sites for hydroxylation is 1. The van der Waals surface area contributed by atoms with Gasteiger partial charge in [-0.1, -0.05) is 18.2 Å². The third kappa shape index (κ3) is 4.25. The molecule has 1 nitrogen and oxygen atoms in total. The van der Waals surface area contributed by atoms with E-state index in [0.717, 1.165) is 12.2 Å². The van der Waals surface area contributed by atoms with Crippen molar-refractivity contribution in [3.05, 3.63) is 60.4 Å². The van der Waals surface area contributed by atoms with E-state index < -0.39 is 0 Å². The second kappa shape index (κ2) is 7.31. The van der Waals surface area contributed by atoms with E-state index in [9.17, 15) is 0 Å². The lowest BCUT2D eigenvalue weighted by atomic mass is 10.2. The van der Waals surface area contributed by atoms with Crippen LogP contribution in [0.2, 0.25) is 0 Å². The smallest absolute Gasteiger partial charge is 0.0270 e. The maximum absolute atomic E-state index is 4.00. The normalized spacial score (nSPS) is 9.50. The molecule has 0 atom stereocenters. The van der Waals surface area contributed by atoms with Crippen LogP contribution in [0.15, 0.2) is 59.8 Å². The zero-order valence-corrected chi connectivity index (χ0v) is 10.4. The largest absolute Gasteiger partial charge is 1.00 e. The molecule has 0 aliphatic rings. The summed E-state index contributed by atoms with van der Waals surface area (Å²) in [6.07, 6.45) is 4.80. The van der Waals surface area contributed by atoms with Crippen molar-refractivity contribution in [2.24, 2.45) is 0 Å². The fraction of sp³-hybridized carbons (Fsp3) is 0.154. The van der Waals surface area contributed by atoms with Crippen LogP contribution >= 0.6 is 11.8 Å². The lowest BCUT2D eigenvalue weighted by molar-refractivity contribution is -0.00000302. The minimum absolute atomic E-state index is 0. The molecule has 3 heteroatoms. The molecule has 1 heterocycles. The summed E-state index contributed by atoms with van der Waals surface area (Å²) in [6, 6.07) is 14.7. The Kier molecular flexibility index (Phi) is 5.98. The van der Waals surface area contributed by atoms with E-state index in [2.05, 4.69) is 41.4 Å². The lowest BCUT2D eigenvalue weighted by Gasteiger charge is -2.01. The van der Waals surface area contributed by atoms with Gasteiger partial charge < -0.3 is 12.4 Å². The highest BCUT2D eigenvalue weighted by Crippen LogP contribution is 2.18. The maximum atomic E-state index is 4.00. The number of pyridine rings is 1. The fourth-order valence-electron chi connectivity index (χ4n) is 1.35. The first kappa shape index (κ1) is 13.1. The summed E-state index contributed by atoms with van der Waals surface area (Å²) < 4.78 is 0. The average Bonchev–Trinajstić information content (AvgIpc) is 2.32. The SMILES string of the molecule is [Cl-].c1ccc(SCCc2ccncc2)cc1. The van der Waals surface area contributed by atoms with Gasteiger partial charge in [-0.05, 0) is 36.2 Å². The van der Waals surface area contributed by atoms with Crippen molar-refractivity contribution in [1.82, 2.24) is 4.98 Å². The molecule has 84 valence electrons. The molecule has 0 aliphatic carbocycles. The average molecular weight is 251 g/mol. The monoisotopic (exact) mass is 250 g/mol. The van der Waals surface area contributed by atoms with E-state index in [1.165, 1.54) is 10.5 Å². The van der Waals surface area contributed by atoms with Crippen molar-refractivity contribution in [3.8, 4) is 0 Å². The predicted octanol–water partition coefficient (Wildman–Crippen LogP) is 0.420. The number of halogens is 1. The summed E-state index contributed by atoms with van der Waals surface area (Å²) in [6.45, 7) is 0. The number of thioether (sulfide) groups is 1.